The van der Waals surface area contributed by atoms with Gasteiger partial charge in [-0.15, -0.1) is 0 Å². The second kappa shape index (κ2) is 7.09. The second-order valence-electron chi connectivity index (χ2n) is 9.40. The number of hydrogen-bond acceptors (Lipinski definition) is 4. The maximum Gasteiger partial charge on any atom is 0.180 e. The number of anilines is 2. The van der Waals surface area contributed by atoms with Crippen molar-refractivity contribution in [3.63, 3.8) is 0 Å². The fourth-order valence-corrected chi connectivity index (χ4v) is 4.91. The van der Waals surface area contributed by atoms with Gasteiger partial charge in [0.25, 0.3) is 0 Å². The third-order valence-corrected chi connectivity index (χ3v) is 6.35. The fourth-order valence-electron chi connectivity index (χ4n) is 4.91. The van der Waals surface area contributed by atoms with Gasteiger partial charge in [0.2, 0.25) is 0 Å². The Morgan fingerprint density at radius 3 is 2.10 bits per heavy atom. The van der Waals surface area contributed by atoms with Gasteiger partial charge in [-0.2, -0.15) is 5.11 Å². The van der Waals surface area contributed by atoms with Crippen LogP contribution in [0.25, 0.3) is 5.57 Å². The first-order chi connectivity index (χ1) is 14.9. The van der Waals surface area contributed by atoms with Gasteiger partial charge in [-0.1, -0.05) is 92.7 Å². The average molecular weight is 409 g/mol. The third kappa shape index (κ3) is 2.97. The van der Waals surface area contributed by atoms with Gasteiger partial charge in [-0.25, -0.2) is 5.01 Å². The lowest BCUT2D eigenvalue weighted by Gasteiger charge is -2.51. The Hall–Kier alpha value is -3.40. The molecule has 3 aromatic rings. The van der Waals surface area contributed by atoms with Gasteiger partial charge in [-0.05, 0) is 40.8 Å². The average Bonchev–Trinajstić information content (AvgIpc) is 3.18. The first-order valence-electron chi connectivity index (χ1n) is 10.8. The molecule has 0 aromatic heterocycles. The van der Waals surface area contributed by atoms with Crippen molar-refractivity contribution in [2.45, 2.75) is 32.5 Å². The van der Waals surface area contributed by atoms with Crippen molar-refractivity contribution in [3.05, 3.63) is 102 Å². The van der Waals surface area contributed by atoms with Crippen molar-refractivity contribution in [2.24, 2.45) is 15.8 Å². The van der Waals surface area contributed by atoms with Gasteiger partial charge >= 0.3 is 0 Å². The van der Waals surface area contributed by atoms with E-state index < -0.39 is 5.66 Å². The first kappa shape index (κ1) is 19.6. The van der Waals surface area contributed by atoms with E-state index in [4.69, 9.17) is 10.3 Å². The lowest BCUT2D eigenvalue weighted by Crippen LogP contribution is -2.65. The lowest BCUT2D eigenvalue weighted by atomic mass is 9.74. The Kier molecular flexibility index (Phi) is 4.47. The molecule has 31 heavy (non-hydrogen) atoms. The molecule has 3 aromatic carbocycles. The summed E-state index contributed by atoms with van der Waals surface area (Å²) in [6.07, 6.45) is 2.38. The predicted molar refractivity (Wildman–Crippen MR) is 128 cm³/mol. The second-order valence-corrected chi connectivity index (χ2v) is 9.40. The largest absolute Gasteiger partial charge is 0.345 e. The monoisotopic (exact) mass is 408 g/mol. The van der Waals surface area contributed by atoms with Crippen LogP contribution < -0.4 is 9.91 Å². The van der Waals surface area contributed by atoms with Crippen molar-refractivity contribution in [1.29, 1.82) is 0 Å². The zero-order chi connectivity index (χ0) is 21.6. The number of nitrogens with zero attached hydrogens (tertiary/aromatic N) is 4. The molecule has 2 aliphatic rings. The van der Waals surface area contributed by atoms with Gasteiger partial charge in [0.1, 0.15) is 6.04 Å². The van der Waals surface area contributed by atoms with Crippen LogP contribution in [0.4, 0.5) is 11.4 Å². The van der Waals surface area contributed by atoms with E-state index in [1.165, 1.54) is 22.4 Å². The molecule has 4 heteroatoms. The molecular weight excluding hydrogens is 380 g/mol. The highest BCUT2D eigenvalue weighted by Crippen LogP contribution is 2.51. The molecule has 0 saturated carbocycles. The Morgan fingerprint density at radius 1 is 0.806 bits per heavy atom. The molecule has 2 heterocycles. The number of rotatable bonds is 2. The standard InChI is InChI=1S/C27H28N4/c1-26(2,3)25-27(31(29-28-25)21-15-9-6-10-16-21)19-23(20-13-7-5-8-14-20)22-17-11-12-18-24(22)30(27)4/h5-19,25H,1-4H3/t25?,27-/m1/s1. The minimum Gasteiger partial charge on any atom is -0.345 e. The molecular formula is C27H28N4. The van der Waals surface area contributed by atoms with E-state index in [1.54, 1.807) is 0 Å². The molecule has 1 unspecified atom stereocenters. The van der Waals surface area contributed by atoms with E-state index in [9.17, 15) is 0 Å². The van der Waals surface area contributed by atoms with Crippen LogP contribution in [-0.4, -0.2) is 18.8 Å². The molecule has 0 radical (unpaired) electrons. The molecule has 156 valence electrons. The van der Waals surface area contributed by atoms with E-state index in [0.29, 0.717) is 0 Å². The maximum absolute atomic E-state index is 4.86. The Labute approximate surface area is 184 Å². The van der Waals surface area contributed by atoms with Gasteiger partial charge in [0, 0.05) is 18.3 Å². The summed E-state index contributed by atoms with van der Waals surface area (Å²) in [7, 11) is 2.17. The zero-order valence-corrected chi connectivity index (χ0v) is 18.5. The van der Waals surface area contributed by atoms with E-state index in [0.717, 1.165) is 5.69 Å². The Bertz CT molecular complexity index is 1140. The van der Waals surface area contributed by atoms with E-state index in [2.05, 4.69) is 123 Å². The summed E-state index contributed by atoms with van der Waals surface area (Å²) < 4.78 is 0. The quantitative estimate of drug-likeness (QED) is 0.480. The molecule has 5 rings (SSSR count). The topological polar surface area (TPSA) is 31.2 Å². The van der Waals surface area contributed by atoms with Crippen molar-refractivity contribution in [1.82, 2.24) is 0 Å². The highest BCUT2D eigenvalue weighted by Gasteiger charge is 2.57. The molecule has 0 amide bonds. The molecule has 0 N–H and O–H groups in total. The van der Waals surface area contributed by atoms with Gasteiger partial charge in [0.15, 0.2) is 5.66 Å². The number of para-hydroxylation sites is 2. The van der Waals surface area contributed by atoms with Crippen molar-refractivity contribution in [2.75, 3.05) is 17.0 Å². The summed E-state index contributed by atoms with van der Waals surface area (Å²) in [5.74, 6) is 0. The van der Waals surface area contributed by atoms with E-state index in [-0.39, 0.29) is 11.5 Å². The van der Waals surface area contributed by atoms with Gasteiger partial charge in [-0.3, -0.25) is 0 Å². The van der Waals surface area contributed by atoms with Crippen LogP contribution >= 0.6 is 0 Å². The fraction of sp³-hybridized carbons (Fsp3) is 0.259. The van der Waals surface area contributed by atoms with Crippen molar-refractivity contribution < 1.29 is 0 Å². The SMILES string of the molecule is CN1c2ccccc2C(c2ccccc2)=C[C@@]12C(C(C)(C)C)N=NN2c1ccccc1. The zero-order valence-electron chi connectivity index (χ0n) is 18.5. The molecule has 0 aliphatic carbocycles. The van der Waals surface area contributed by atoms with Crippen LogP contribution in [0.5, 0.6) is 0 Å². The number of likely N-dealkylation sites (N-methyl/N-ethyl adjacent to an activating group) is 1. The summed E-state index contributed by atoms with van der Waals surface area (Å²) in [6.45, 7) is 6.74. The number of hydrogen-bond donors (Lipinski definition) is 0. The van der Waals surface area contributed by atoms with Crippen LogP contribution in [0.1, 0.15) is 31.9 Å². The van der Waals surface area contributed by atoms with Gasteiger partial charge in [0.05, 0.1) is 5.69 Å². The molecule has 2 atom stereocenters. The van der Waals surface area contributed by atoms with Crippen LogP contribution in [0, 0.1) is 5.41 Å². The first-order valence-corrected chi connectivity index (χ1v) is 10.8. The molecule has 1 spiro atoms. The third-order valence-electron chi connectivity index (χ3n) is 6.35. The summed E-state index contributed by atoms with van der Waals surface area (Å²) in [6, 6.07) is 29.6. The Balaban J connectivity index is 1.81. The van der Waals surface area contributed by atoms with E-state index >= 15 is 0 Å². The molecule has 0 fully saturated rings. The molecule has 2 aliphatic heterocycles. The normalized spacial score (nSPS) is 22.6. The summed E-state index contributed by atoms with van der Waals surface area (Å²) in [4.78, 5) is 2.36. The summed E-state index contributed by atoms with van der Waals surface area (Å²) in [5.41, 5.74) is 5.23. The van der Waals surface area contributed by atoms with Crippen LogP contribution in [0.15, 0.2) is 101 Å². The van der Waals surface area contributed by atoms with Crippen LogP contribution in [0.3, 0.4) is 0 Å². The number of benzene rings is 3. The Morgan fingerprint density at radius 2 is 1.42 bits per heavy atom. The highest BCUT2D eigenvalue weighted by atomic mass is 15.7. The molecule has 0 bridgehead atoms. The smallest absolute Gasteiger partial charge is 0.180 e. The van der Waals surface area contributed by atoms with Crippen LogP contribution in [-0.2, 0) is 0 Å². The van der Waals surface area contributed by atoms with Crippen molar-refractivity contribution in [3.8, 4) is 0 Å². The molecule has 4 nitrogen and oxygen atoms in total. The summed E-state index contributed by atoms with van der Waals surface area (Å²) in [5, 5.41) is 11.7. The minimum atomic E-state index is -0.556. The van der Waals surface area contributed by atoms with Gasteiger partial charge < -0.3 is 4.90 Å². The minimum absolute atomic E-state index is 0.0581. The highest BCUT2D eigenvalue weighted by molar-refractivity contribution is 5.91. The van der Waals surface area contributed by atoms with Crippen LogP contribution in [0.2, 0.25) is 0 Å². The maximum atomic E-state index is 4.86. The predicted octanol–water partition coefficient (Wildman–Crippen LogP) is 6.57. The lowest BCUT2D eigenvalue weighted by molar-refractivity contribution is 0.251. The molecule has 0 saturated heterocycles. The summed E-state index contributed by atoms with van der Waals surface area (Å²) >= 11 is 0. The van der Waals surface area contributed by atoms with E-state index in [1.807, 2.05) is 6.07 Å². The van der Waals surface area contributed by atoms with Crippen molar-refractivity contribution >= 4 is 16.9 Å². The number of fused-ring (bicyclic) bond motifs is 1.